The summed E-state index contributed by atoms with van der Waals surface area (Å²) in [5.41, 5.74) is 9.38. The van der Waals surface area contributed by atoms with E-state index in [0.717, 1.165) is 5.56 Å². The normalized spacial score (nSPS) is 16.3. The lowest BCUT2D eigenvalue weighted by atomic mass is 9.79. The highest BCUT2D eigenvalue weighted by molar-refractivity contribution is 5.38. The highest BCUT2D eigenvalue weighted by atomic mass is 16.3. The molecule has 2 nitrogen and oxygen atoms in total. The molecule has 1 aromatic carbocycles. The van der Waals surface area contributed by atoms with Crippen LogP contribution in [0.3, 0.4) is 0 Å². The third-order valence-corrected chi connectivity index (χ3v) is 3.53. The Kier molecular flexibility index (Phi) is 4.48. The Bertz CT molecular complexity index is 403. The molecule has 1 aromatic rings. The maximum absolute atomic E-state index is 10.3. The lowest BCUT2D eigenvalue weighted by molar-refractivity contribution is 0.153. The third-order valence-electron chi connectivity index (χ3n) is 3.53. The summed E-state index contributed by atoms with van der Waals surface area (Å²) in [5.74, 6) is 0. The van der Waals surface area contributed by atoms with Gasteiger partial charge in [-0.3, -0.25) is 0 Å². The minimum absolute atomic E-state index is 0.0631. The maximum atomic E-state index is 10.3. The summed E-state index contributed by atoms with van der Waals surface area (Å²) in [6, 6.07) is 6.16. The van der Waals surface area contributed by atoms with Crippen LogP contribution in [-0.4, -0.2) is 11.1 Å². The van der Waals surface area contributed by atoms with Crippen LogP contribution in [0.2, 0.25) is 0 Å². The van der Waals surface area contributed by atoms with Crippen LogP contribution in [0.1, 0.15) is 71.3 Å². The Hall–Kier alpha value is -0.860. The first-order valence-electron chi connectivity index (χ1n) is 7.02. The predicted octanol–water partition coefficient (Wildman–Crippen LogP) is 3.66. The Morgan fingerprint density at radius 1 is 0.895 bits per heavy atom. The van der Waals surface area contributed by atoms with E-state index >= 15 is 0 Å². The molecule has 2 atom stereocenters. The molecule has 19 heavy (non-hydrogen) atoms. The van der Waals surface area contributed by atoms with Crippen LogP contribution in [0.5, 0.6) is 0 Å². The molecule has 0 unspecified atom stereocenters. The number of benzene rings is 1. The van der Waals surface area contributed by atoms with E-state index in [1.807, 2.05) is 6.92 Å². The van der Waals surface area contributed by atoms with Gasteiger partial charge >= 0.3 is 0 Å². The minimum atomic E-state index is -0.608. The van der Waals surface area contributed by atoms with E-state index in [1.54, 1.807) is 0 Å². The van der Waals surface area contributed by atoms with Gasteiger partial charge in [0, 0.05) is 6.04 Å². The lowest BCUT2D eigenvalue weighted by Gasteiger charge is -2.28. The fourth-order valence-corrected chi connectivity index (χ4v) is 1.99. The molecule has 0 heterocycles. The fourth-order valence-electron chi connectivity index (χ4n) is 1.99. The average molecular weight is 263 g/mol. The topological polar surface area (TPSA) is 46.2 Å². The van der Waals surface area contributed by atoms with Gasteiger partial charge in [0.1, 0.15) is 0 Å². The van der Waals surface area contributed by atoms with E-state index in [0.29, 0.717) is 0 Å². The molecule has 108 valence electrons. The van der Waals surface area contributed by atoms with Crippen molar-refractivity contribution in [1.82, 2.24) is 0 Å². The summed E-state index contributed by atoms with van der Waals surface area (Å²) < 4.78 is 0. The Morgan fingerprint density at radius 3 is 1.53 bits per heavy atom. The van der Waals surface area contributed by atoms with Gasteiger partial charge < -0.3 is 10.8 Å². The van der Waals surface area contributed by atoms with Gasteiger partial charge in [-0.05, 0) is 34.4 Å². The molecular formula is C17H29NO. The summed E-state index contributed by atoms with van der Waals surface area (Å²) in [6.07, 6.45) is -0.608. The molecule has 0 aromatic heterocycles. The Labute approximate surface area is 118 Å². The molecule has 0 aliphatic rings. The summed E-state index contributed by atoms with van der Waals surface area (Å²) in [5, 5.41) is 10.3. The van der Waals surface area contributed by atoms with Crippen LogP contribution in [-0.2, 0) is 10.8 Å². The molecule has 0 bridgehead atoms. The minimum Gasteiger partial charge on any atom is -0.387 e. The summed E-state index contributed by atoms with van der Waals surface area (Å²) in [4.78, 5) is 0. The smallest absolute Gasteiger partial charge is 0.0938 e. The van der Waals surface area contributed by atoms with E-state index in [4.69, 9.17) is 5.73 Å². The van der Waals surface area contributed by atoms with Gasteiger partial charge in [0.2, 0.25) is 0 Å². The fraction of sp³-hybridized carbons (Fsp3) is 0.647. The van der Waals surface area contributed by atoms with Crippen LogP contribution in [0.4, 0.5) is 0 Å². The highest BCUT2D eigenvalue weighted by Gasteiger charge is 2.23. The number of aliphatic hydroxyl groups is 1. The molecule has 0 saturated heterocycles. The zero-order valence-electron chi connectivity index (χ0n) is 13.4. The first-order valence-corrected chi connectivity index (χ1v) is 7.02. The molecular weight excluding hydrogens is 234 g/mol. The number of hydrogen-bond donors (Lipinski definition) is 2. The van der Waals surface area contributed by atoms with Crippen molar-refractivity contribution < 1.29 is 5.11 Å². The Morgan fingerprint density at radius 2 is 1.26 bits per heavy atom. The second kappa shape index (κ2) is 5.26. The molecule has 0 spiro atoms. The van der Waals surface area contributed by atoms with Crippen molar-refractivity contribution in [2.24, 2.45) is 5.73 Å². The molecule has 0 saturated carbocycles. The number of hydrogen-bond acceptors (Lipinski definition) is 2. The lowest BCUT2D eigenvalue weighted by Crippen LogP contribution is -2.26. The van der Waals surface area contributed by atoms with Crippen molar-refractivity contribution in [1.29, 1.82) is 0 Å². The number of nitrogens with two attached hydrogens (primary N) is 1. The van der Waals surface area contributed by atoms with Gasteiger partial charge in [-0.2, -0.15) is 0 Å². The van der Waals surface area contributed by atoms with Crippen molar-refractivity contribution in [3.8, 4) is 0 Å². The monoisotopic (exact) mass is 263 g/mol. The van der Waals surface area contributed by atoms with Crippen LogP contribution in [0.25, 0.3) is 0 Å². The van der Waals surface area contributed by atoms with Crippen molar-refractivity contribution >= 4 is 0 Å². The molecule has 1 rings (SSSR count). The second-order valence-electron chi connectivity index (χ2n) is 7.65. The summed E-state index contributed by atoms with van der Waals surface area (Å²) >= 11 is 0. The van der Waals surface area contributed by atoms with E-state index in [9.17, 15) is 5.11 Å². The van der Waals surface area contributed by atoms with Gasteiger partial charge in [0.25, 0.3) is 0 Å². The van der Waals surface area contributed by atoms with Gasteiger partial charge in [-0.15, -0.1) is 0 Å². The standard InChI is InChI=1S/C17H29NO/c1-11(18)15(19)12-8-13(16(2,3)4)10-14(9-12)17(5,6)7/h8-11,15,19H,18H2,1-7H3/t11-,15-/m0/s1. The zero-order valence-corrected chi connectivity index (χ0v) is 13.4. The highest BCUT2D eigenvalue weighted by Crippen LogP contribution is 2.32. The molecule has 0 aliphatic carbocycles. The molecule has 3 N–H and O–H groups in total. The van der Waals surface area contributed by atoms with Crippen LogP contribution in [0.15, 0.2) is 18.2 Å². The average Bonchev–Trinajstić information content (AvgIpc) is 2.24. The van der Waals surface area contributed by atoms with Crippen LogP contribution < -0.4 is 5.73 Å². The van der Waals surface area contributed by atoms with Crippen molar-refractivity contribution in [2.75, 3.05) is 0 Å². The van der Waals surface area contributed by atoms with E-state index in [2.05, 4.69) is 59.7 Å². The quantitative estimate of drug-likeness (QED) is 0.855. The zero-order chi connectivity index (χ0) is 15.0. The van der Waals surface area contributed by atoms with Crippen molar-refractivity contribution in [3.63, 3.8) is 0 Å². The van der Waals surface area contributed by atoms with E-state index < -0.39 is 6.10 Å². The number of rotatable bonds is 2. The van der Waals surface area contributed by atoms with Crippen molar-refractivity contribution in [2.45, 2.75) is 71.4 Å². The maximum Gasteiger partial charge on any atom is 0.0938 e. The first kappa shape index (κ1) is 16.2. The molecule has 2 heteroatoms. The molecule has 0 radical (unpaired) electrons. The summed E-state index contributed by atoms with van der Waals surface area (Å²) in [6.45, 7) is 15.0. The third kappa shape index (κ3) is 4.05. The SMILES string of the molecule is C[C@H](N)[C@H](O)c1cc(C(C)(C)C)cc(C(C)(C)C)c1. The van der Waals surface area contributed by atoms with E-state index in [-0.39, 0.29) is 16.9 Å². The van der Waals surface area contributed by atoms with Gasteiger partial charge in [-0.1, -0.05) is 59.7 Å². The van der Waals surface area contributed by atoms with Crippen molar-refractivity contribution in [3.05, 3.63) is 34.9 Å². The van der Waals surface area contributed by atoms with Gasteiger partial charge in [0.05, 0.1) is 6.10 Å². The first-order chi connectivity index (χ1) is 8.43. The van der Waals surface area contributed by atoms with Crippen LogP contribution >= 0.6 is 0 Å². The summed E-state index contributed by atoms with van der Waals surface area (Å²) in [7, 11) is 0. The molecule has 0 fully saturated rings. The van der Waals surface area contributed by atoms with E-state index in [1.165, 1.54) is 11.1 Å². The van der Waals surface area contributed by atoms with Crippen LogP contribution in [0, 0.1) is 0 Å². The molecule has 0 amide bonds. The second-order valence-corrected chi connectivity index (χ2v) is 7.65. The Balaban J connectivity index is 3.41. The largest absolute Gasteiger partial charge is 0.387 e. The van der Waals surface area contributed by atoms with Gasteiger partial charge in [-0.25, -0.2) is 0 Å². The number of aliphatic hydroxyl groups excluding tert-OH is 1. The predicted molar refractivity (Wildman–Crippen MR) is 82.5 cm³/mol. The molecule has 0 aliphatic heterocycles. The van der Waals surface area contributed by atoms with Gasteiger partial charge in [0.15, 0.2) is 0 Å².